The summed E-state index contributed by atoms with van der Waals surface area (Å²) in [6.45, 7) is 10.6. The highest BCUT2D eigenvalue weighted by Crippen LogP contribution is 2.17. The van der Waals surface area contributed by atoms with Gasteiger partial charge in [-0.25, -0.2) is 0 Å². The number of hydrogen-bond acceptors (Lipinski definition) is 2. The Bertz CT molecular complexity index is 123. The van der Waals surface area contributed by atoms with E-state index in [-0.39, 0.29) is 5.60 Å². The Hall–Kier alpha value is -0.0800. The van der Waals surface area contributed by atoms with Gasteiger partial charge in [0.15, 0.2) is 0 Å². The van der Waals surface area contributed by atoms with E-state index in [0.29, 0.717) is 5.92 Å². The van der Waals surface area contributed by atoms with Crippen LogP contribution in [0.3, 0.4) is 0 Å². The van der Waals surface area contributed by atoms with Gasteiger partial charge in [-0.05, 0) is 39.8 Å². The van der Waals surface area contributed by atoms with E-state index in [1.165, 1.54) is 6.42 Å². The highest BCUT2D eigenvalue weighted by Gasteiger charge is 2.17. The second-order valence-corrected chi connectivity index (χ2v) is 4.48. The fourth-order valence-electron chi connectivity index (χ4n) is 1.45. The van der Waals surface area contributed by atoms with Crippen molar-refractivity contribution in [2.24, 2.45) is 5.92 Å². The Morgan fingerprint density at radius 2 is 2.00 bits per heavy atom. The van der Waals surface area contributed by atoms with Crippen molar-refractivity contribution in [3.63, 3.8) is 0 Å². The summed E-state index contributed by atoms with van der Waals surface area (Å²) in [7, 11) is 1.98. The second kappa shape index (κ2) is 6.39. The van der Waals surface area contributed by atoms with Crippen LogP contribution >= 0.6 is 0 Å². The zero-order chi connectivity index (χ0) is 10.3. The maximum atomic E-state index is 5.84. The maximum Gasteiger partial charge on any atom is 0.0626 e. The quantitative estimate of drug-likeness (QED) is 0.661. The Morgan fingerprint density at radius 3 is 2.46 bits per heavy atom. The van der Waals surface area contributed by atoms with Gasteiger partial charge in [0, 0.05) is 0 Å². The fraction of sp³-hybridized carbons (Fsp3) is 1.00. The van der Waals surface area contributed by atoms with Crippen LogP contribution in [-0.4, -0.2) is 25.8 Å². The lowest BCUT2D eigenvalue weighted by atomic mass is 10.0. The Morgan fingerprint density at radius 1 is 1.38 bits per heavy atom. The number of hydrogen-bond donors (Lipinski definition) is 1. The first kappa shape index (κ1) is 12.9. The molecule has 1 unspecified atom stereocenters. The van der Waals surface area contributed by atoms with Crippen LogP contribution in [0, 0.1) is 5.92 Å². The van der Waals surface area contributed by atoms with E-state index in [9.17, 15) is 0 Å². The molecule has 0 radical (unpaired) electrons. The highest BCUT2D eigenvalue weighted by atomic mass is 16.5. The van der Waals surface area contributed by atoms with Crippen molar-refractivity contribution in [1.29, 1.82) is 0 Å². The van der Waals surface area contributed by atoms with Gasteiger partial charge >= 0.3 is 0 Å². The maximum absolute atomic E-state index is 5.84. The molecule has 13 heavy (non-hydrogen) atoms. The third-order valence-electron chi connectivity index (χ3n) is 2.16. The highest BCUT2D eigenvalue weighted by molar-refractivity contribution is 4.68. The van der Waals surface area contributed by atoms with E-state index in [1.54, 1.807) is 0 Å². The summed E-state index contributed by atoms with van der Waals surface area (Å²) >= 11 is 0. The standard InChI is InChI=1S/C11H25NO/c1-6-7-11(3,4)13-9-10(2)8-12-5/h10,12H,6-9H2,1-5H3. The van der Waals surface area contributed by atoms with Gasteiger partial charge in [0.25, 0.3) is 0 Å². The molecule has 2 heteroatoms. The molecule has 1 N–H and O–H groups in total. The lowest BCUT2D eigenvalue weighted by Gasteiger charge is -2.26. The molecular weight excluding hydrogens is 162 g/mol. The average Bonchev–Trinajstić information content (AvgIpc) is 2.02. The van der Waals surface area contributed by atoms with E-state index in [2.05, 4.69) is 33.0 Å². The molecule has 0 aromatic heterocycles. The largest absolute Gasteiger partial charge is 0.375 e. The van der Waals surface area contributed by atoms with E-state index in [1.807, 2.05) is 7.05 Å². The summed E-state index contributed by atoms with van der Waals surface area (Å²) < 4.78 is 5.84. The van der Waals surface area contributed by atoms with E-state index < -0.39 is 0 Å². The SMILES string of the molecule is CCCC(C)(C)OCC(C)CNC. The summed E-state index contributed by atoms with van der Waals surface area (Å²) in [5.74, 6) is 0.598. The Kier molecular flexibility index (Phi) is 6.35. The van der Waals surface area contributed by atoms with Crippen molar-refractivity contribution in [3.05, 3.63) is 0 Å². The minimum atomic E-state index is 0.0523. The van der Waals surface area contributed by atoms with Gasteiger partial charge in [-0.3, -0.25) is 0 Å². The molecule has 0 bridgehead atoms. The minimum Gasteiger partial charge on any atom is -0.375 e. The predicted molar refractivity (Wildman–Crippen MR) is 58.0 cm³/mol. The summed E-state index contributed by atoms with van der Waals surface area (Å²) in [5, 5.41) is 3.16. The summed E-state index contributed by atoms with van der Waals surface area (Å²) in [5.41, 5.74) is 0.0523. The van der Waals surface area contributed by atoms with Crippen LogP contribution in [0.15, 0.2) is 0 Å². The molecule has 0 spiro atoms. The lowest BCUT2D eigenvalue weighted by Crippen LogP contribution is -2.29. The van der Waals surface area contributed by atoms with Crippen molar-refractivity contribution >= 4 is 0 Å². The number of rotatable bonds is 7. The first-order valence-electron chi connectivity index (χ1n) is 5.30. The number of nitrogens with one attached hydrogen (secondary N) is 1. The molecule has 0 rings (SSSR count). The van der Waals surface area contributed by atoms with Crippen molar-refractivity contribution in [2.45, 2.75) is 46.1 Å². The molecular formula is C11H25NO. The van der Waals surface area contributed by atoms with Gasteiger partial charge in [-0.15, -0.1) is 0 Å². The molecule has 0 aliphatic carbocycles. The summed E-state index contributed by atoms with van der Waals surface area (Å²) in [6.07, 6.45) is 2.33. The van der Waals surface area contributed by atoms with Crippen molar-refractivity contribution in [3.8, 4) is 0 Å². The topological polar surface area (TPSA) is 21.3 Å². The molecule has 0 amide bonds. The van der Waals surface area contributed by atoms with E-state index in [0.717, 1.165) is 19.6 Å². The van der Waals surface area contributed by atoms with Crippen LogP contribution in [0.4, 0.5) is 0 Å². The van der Waals surface area contributed by atoms with E-state index in [4.69, 9.17) is 4.74 Å². The van der Waals surface area contributed by atoms with Crippen LogP contribution in [0.25, 0.3) is 0 Å². The van der Waals surface area contributed by atoms with Gasteiger partial charge in [-0.1, -0.05) is 20.3 Å². The van der Waals surface area contributed by atoms with Crippen molar-refractivity contribution < 1.29 is 4.74 Å². The monoisotopic (exact) mass is 187 g/mol. The zero-order valence-corrected chi connectivity index (χ0v) is 9.81. The summed E-state index contributed by atoms with van der Waals surface area (Å²) in [6, 6.07) is 0. The molecule has 0 aliphatic heterocycles. The smallest absolute Gasteiger partial charge is 0.0626 e. The molecule has 0 heterocycles. The second-order valence-electron chi connectivity index (χ2n) is 4.48. The van der Waals surface area contributed by atoms with Gasteiger partial charge in [0.2, 0.25) is 0 Å². The van der Waals surface area contributed by atoms with Crippen LogP contribution < -0.4 is 5.32 Å². The van der Waals surface area contributed by atoms with Gasteiger partial charge in [0.05, 0.1) is 12.2 Å². The molecule has 1 atom stereocenters. The molecule has 0 aromatic carbocycles. The van der Waals surface area contributed by atoms with Crippen LogP contribution in [-0.2, 0) is 4.74 Å². The first-order chi connectivity index (χ1) is 6.02. The van der Waals surface area contributed by atoms with Crippen LogP contribution in [0.5, 0.6) is 0 Å². The van der Waals surface area contributed by atoms with Crippen LogP contribution in [0.1, 0.15) is 40.5 Å². The first-order valence-corrected chi connectivity index (χ1v) is 5.30. The fourth-order valence-corrected chi connectivity index (χ4v) is 1.45. The molecule has 80 valence electrons. The molecule has 0 aromatic rings. The molecule has 0 saturated heterocycles. The minimum absolute atomic E-state index is 0.0523. The molecule has 2 nitrogen and oxygen atoms in total. The zero-order valence-electron chi connectivity index (χ0n) is 9.81. The Balaban J connectivity index is 3.60. The number of ether oxygens (including phenoxy) is 1. The van der Waals surface area contributed by atoms with E-state index >= 15 is 0 Å². The van der Waals surface area contributed by atoms with Crippen LogP contribution in [0.2, 0.25) is 0 Å². The average molecular weight is 187 g/mol. The predicted octanol–water partition coefficient (Wildman–Crippen LogP) is 2.44. The van der Waals surface area contributed by atoms with Gasteiger partial charge in [0.1, 0.15) is 0 Å². The normalized spacial score (nSPS) is 14.5. The lowest BCUT2D eigenvalue weighted by molar-refractivity contribution is -0.0381. The van der Waals surface area contributed by atoms with Gasteiger partial charge in [-0.2, -0.15) is 0 Å². The van der Waals surface area contributed by atoms with Crippen molar-refractivity contribution in [1.82, 2.24) is 5.32 Å². The third kappa shape index (κ3) is 7.03. The van der Waals surface area contributed by atoms with Crippen molar-refractivity contribution in [2.75, 3.05) is 20.2 Å². The molecule has 0 fully saturated rings. The summed E-state index contributed by atoms with van der Waals surface area (Å²) in [4.78, 5) is 0. The Labute approximate surface area is 83.1 Å². The molecule has 0 aliphatic rings. The third-order valence-corrected chi connectivity index (χ3v) is 2.16. The van der Waals surface area contributed by atoms with Gasteiger partial charge < -0.3 is 10.1 Å². The molecule has 0 saturated carbocycles.